The summed E-state index contributed by atoms with van der Waals surface area (Å²) in [6.45, 7) is 4.92. The predicted octanol–water partition coefficient (Wildman–Crippen LogP) is 3.85. The molecule has 1 aliphatic rings. The number of ether oxygens (including phenoxy) is 1. The topological polar surface area (TPSA) is 133 Å². The maximum Gasteiger partial charge on any atom is 0.407 e. The molecule has 1 aromatic carbocycles. The van der Waals surface area contributed by atoms with Crippen LogP contribution < -0.4 is 16.0 Å². The molecule has 2 heterocycles. The summed E-state index contributed by atoms with van der Waals surface area (Å²) in [5.41, 5.74) is 2.65. The van der Waals surface area contributed by atoms with E-state index in [1.54, 1.807) is 23.7 Å². The van der Waals surface area contributed by atoms with Crippen molar-refractivity contribution in [3.05, 3.63) is 52.5 Å². The summed E-state index contributed by atoms with van der Waals surface area (Å²) in [7, 11) is 1.79. The highest BCUT2D eigenvalue weighted by Crippen LogP contribution is 2.18. The monoisotopic (exact) mass is 573 g/mol. The van der Waals surface area contributed by atoms with E-state index in [2.05, 4.69) is 34.8 Å². The Hall–Kier alpha value is -3.18. The first-order chi connectivity index (χ1) is 19.2. The van der Waals surface area contributed by atoms with Crippen molar-refractivity contribution in [2.24, 2.45) is 5.92 Å². The van der Waals surface area contributed by atoms with Gasteiger partial charge in [-0.2, -0.15) is 0 Å². The van der Waals surface area contributed by atoms with E-state index in [-0.39, 0.29) is 30.6 Å². The molecule has 0 bridgehead atoms. The normalized spacial score (nSPS) is 17.6. The Morgan fingerprint density at radius 1 is 1.23 bits per heavy atom. The van der Waals surface area contributed by atoms with Gasteiger partial charge < -0.3 is 30.7 Å². The summed E-state index contributed by atoms with van der Waals surface area (Å²) >= 11 is 1.40. The van der Waals surface area contributed by atoms with Crippen molar-refractivity contribution in [1.82, 2.24) is 25.8 Å². The third kappa shape index (κ3) is 10.8. The van der Waals surface area contributed by atoms with Crippen LogP contribution in [0.5, 0.6) is 0 Å². The lowest BCUT2D eigenvalue weighted by molar-refractivity contribution is -0.122. The third-order valence-electron chi connectivity index (χ3n) is 7.11. The number of hydrogen-bond acceptors (Lipinski definition) is 7. The average molecular weight is 574 g/mol. The van der Waals surface area contributed by atoms with Crippen LogP contribution >= 0.6 is 11.3 Å². The van der Waals surface area contributed by atoms with Gasteiger partial charge in [0.2, 0.25) is 5.91 Å². The van der Waals surface area contributed by atoms with E-state index in [0.717, 1.165) is 23.3 Å². The van der Waals surface area contributed by atoms with Gasteiger partial charge in [0.15, 0.2) is 0 Å². The molecule has 2 aromatic rings. The number of rotatable bonds is 15. The average Bonchev–Trinajstić information content (AvgIpc) is 3.43. The quantitative estimate of drug-likeness (QED) is 0.256. The fraction of sp³-hybridized carbons (Fsp3) is 0.586. The van der Waals surface area contributed by atoms with Crippen molar-refractivity contribution >= 4 is 29.4 Å². The molecular weight excluding hydrogens is 530 g/mol. The number of carbonyl (C=O) groups is 3. The SMILES string of the molecule is CC(C)C[C@@H](C[C@H](O)[C@H](Cc1ccccc1)NC(=O)OCc1cncs1)NC(=O)CCCC1CCNC(=O)N1C. The number of carbonyl (C=O) groups excluding carboxylic acids is 3. The van der Waals surface area contributed by atoms with Crippen LogP contribution in [0, 0.1) is 5.92 Å². The van der Waals surface area contributed by atoms with Crippen LogP contribution in [0.2, 0.25) is 0 Å². The molecule has 40 heavy (non-hydrogen) atoms. The van der Waals surface area contributed by atoms with Crippen molar-refractivity contribution < 1.29 is 24.2 Å². The van der Waals surface area contributed by atoms with Gasteiger partial charge in [0.25, 0.3) is 0 Å². The van der Waals surface area contributed by atoms with Crippen LogP contribution in [-0.2, 0) is 22.6 Å². The lowest BCUT2D eigenvalue weighted by atomic mass is 9.92. The van der Waals surface area contributed by atoms with Crippen molar-refractivity contribution in [2.45, 2.75) is 89.6 Å². The molecule has 0 spiro atoms. The molecule has 3 rings (SSSR count). The van der Waals surface area contributed by atoms with Crippen molar-refractivity contribution in [1.29, 1.82) is 0 Å². The second-order valence-electron chi connectivity index (χ2n) is 10.9. The van der Waals surface area contributed by atoms with Gasteiger partial charge in [0.1, 0.15) is 6.61 Å². The number of aliphatic hydroxyl groups is 1. The lowest BCUT2D eigenvalue weighted by Crippen LogP contribution is -2.50. The lowest BCUT2D eigenvalue weighted by Gasteiger charge is -2.33. The van der Waals surface area contributed by atoms with Crippen molar-refractivity contribution in [3.8, 4) is 0 Å². The Balaban J connectivity index is 1.56. The largest absolute Gasteiger partial charge is 0.444 e. The molecular formula is C29H43N5O5S. The number of nitrogens with one attached hydrogen (secondary N) is 3. The van der Waals surface area contributed by atoms with E-state index in [1.807, 2.05) is 30.3 Å². The number of aromatic nitrogens is 1. The van der Waals surface area contributed by atoms with Crippen LogP contribution in [-0.4, -0.2) is 70.8 Å². The zero-order valence-electron chi connectivity index (χ0n) is 23.7. The molecule has 220 valence electrons. The molecule has 0 saturated carbocycles. The number of nitrogens with zero attached hydrogens (tertiary/aromatic N) is 2. The maximum absolute atomic E-state index is 12.9. The third-order valence-corrected chi connectivity index (χ3v) is 7.86. The van der Waals surface area contributed by atoms with E-state index < -0.39 is 18.2 Å². The van der Waals surface area contributed by atoms with Gasteiger partial charge in [0.05, 0.1) is 22.5 Å². The van der Waals surface area contributed by atoms with Gasteiger partial charge >= 0.3 is 12.1 Å². The van der Waals surface area contributed by atoms with E-state index in [9.17, 15) is 19.5 Å². The second kappa shape index (κ2) is 16.2. The Labute approximate surface area is 240 Å². The van der Waals surface area contributed by atoms with Crippen LogP contribution in [0.1, 0.15) is 62.8 Å². The summed E-state index contributed by atoms with van der Waals surface area (Å²) < 4.78 is 5.36. The van der Waals surface area contributed by atoms with E-state index in [1.165, 1.54) is 11.3 Å². The Morgan fingerprint density at radius 3 is 2.70 bits per heavy atom. The summed E-state index contributed by atoms with van der Waals surface area (Å²) in [6.07, 6.45) is 4.20. The maximum atomic E-state index is 12.9. The molecule has 1 aromatic heterocycles. The van der Waals surface area contributed by atoms with Crippen molar-refractivity contribution in [2.75, 3.05) is 13.6 Å². The molecule has 4 atom stereocenters. The first-order valence-electron chi connectivity index (χ1n) is 14.0. The first kappa shape index (κ1) is 31.3. The number of benzene rings is 1. The predicted molar refractivity (Wildman–Crippen MR) is 155 cm³/mol. The molecule has 1 fully saturated rings. The van der Waals surface area contributed by atoms with Gasteiger partial charge in [-0.05, 0) is 50.0 Å². The second-order valence-corrected chi connectivity index (χ2v) is 11.8. The molecule has 1 unspecified atom stereocenters. The molecule has 0 radical (unpaired) electrons. The molecule has 10 nitrogen and oxygen atoms in total. The minimum atomic E-state index is -0.908. The molecule has 4 amide bonds. The number of thiazole rings is 1. The highest BCUT2D eigenvalue weighted by Gasteiger charge is 2.28. The molecule has 11 heteroatoms. The Kier molecular flexibility index (Phi) is 12.7. The molecule has 4 N–H and O–H groups in total. The fourth-order valence-corrected chi connectivity index (χ4v) is 5.51. The number of aliphatic hydroxyl groups excluding tert-OH is 1. The number of alkyl carbamates (subject to hydrolysis) is 1. The van der Waals surface area contributed by atoms with Gasteiger partial charge in [-0.25, -0.2) is 9.59 Å². The number of amides is 4. The fourth-order valence-electron chi connectivity index (χ4n) is 5.00. The number of hydrogen-bond donors (Lipinski definition) is 4. The van der Waals surface area contributed by atoms with Gasteiger partial charge in [0, 0.05) is 38.3 Å². The highest BCUT2D eigenvalue weighted by molar-refractivity contribution is 7.09. The summed E-state index contributed by atoms with van der Waals surface area (Å²) in [4.78, 5) is 43.9. The summed E-state index contributed by atoms with van der Waals surface area (Å²) in [5, 5.41) is 20.1. The number of urea groups is 1. The zero-order chi connectivity index (χ0) is 28.9. The van der Waals surface area contributed by atoms with Gasteiger partial charge in [-0.1, -0.05) is 44.2 Å². The summed E-state index contributed by atoms with van der Waals surface area (Å²) in [5.74, 6) is 0.231. The molecule has 1 aliphatic heterocycles. The van der Waals surface area contributed by atoms with Crippen LogP contribution in [0.15, 0.2) is 42.0 Å². The van der Waals surface area contributed by atoms with E-state index in [0.29, 0.717) is 44.6 Å². The van der Waals surface area contributed by atoms with E-state index in [4.69, 9.17) is 4.74 Å². The van der Waals surface area contributed by atoms with Crippen molar-refractivity contribution in [3.63, 3.8) is 0 Å². The van der Waals surface area contributed by atoms with E-state index >= 15 is 0 Å². The van der Waals surface area contributed by atoms with Gasteiger partial charge in [-0.3, -0.25) is 9.78 Å². The molecule has 1 saturated heterocycles. The first-order valence-corrected chi connectivity index (χ1v) is 14.9. The highest BCUT2D eigenvalue weighted by atomic mass is 32.1. The smallest absolute Gasteiger partial charge is 0.407 e. The minimum absolute atomic E-state index is 0.0715. The minimum Gasteiger partial charge on any atom is -0.444 e. The summed E-state index contributed by atoms with van der Waals surface area (Å²) in [6, 6.07) is 8.86. The van der Waals surface area contributed by atoms with Crippen LogP contribution in [0.3, 0.4) is 0 Å². The van der Waals surface area contributed by atoms with Crippen LogP contribution in [0.4, 0.5) is 9.59 Å². The van der Waals surface area contributed by atoms with Crippen LogP contribution in [0.25, 0.3) is 0 Å². The standard InChI is InChI=1S/C29H43N5O5S/c1-20(2)14-22(32-27(36)11-7-10-23-12-13-31-28(37)34(23)3)16-26(35)25(15-21-8-5-4-6-9-21)33-29(38)39-18-24-17-30-19-40-24/h4-6,8-9,17,19-20,22-23,25-26,35H,7,10-16,18H2,1-3H3,(H,31,37)(H,32,36)(H,33,38)/t22-,23?,25-,26-/m0/s1. The van der Waals surface area contributed by atoms with Gasteiger partial charge in [-0.15, -0.1) is 11.3 Å². The molecule has 0 aliphatic carbocycles. The zero-order valence-corrected chi connectivity index (χ0v) is 24.5. The Morgan fingerprint density at radius 2 is 2.00 bits per heavy atom. The Bertz CT molecular complexity index is 1050.